The maximum Gasteiger partial charge on any atom is 0.271 e. The third-order valence-corrected chi connectivity index (χ3v) is 8.33. The highest BCUT2D eigenvalue weighted by Gasteiger charge is 2.32. The van der Waals surface area contributed by atoms with Gasteiger partial charge in [0, 0.05) is 39.2 Å². The lowest BCUT2D eigenvalue weighted by atomic mass is 10.1. The van der Waals surface area contributed by atoms with Crippen molar-refractivity contribution < 1.29 is 9.59 Å². The Bertz CT molecular complexity index is 1480. The van der Waals surface area contributed by atoms with Crippen LogP contribution in [-0.2, 0) is 11.3 Å². The molecular weight excluding hydrogens is 560 g/mol. The Labute approximate surface area is 234 Å². The van der Waals surface area contributed by atoms with E-state index in [9.17, 15) is 9.59 Å². The number of nitrogens with zero attached hydrogens (tertiary/aromatic N) is 3. The van der Waals surface area contributed by atoms with Gasteiger partial charge in [0.05, 0.1) is 12.0 Å². The fourth-order valence-electron chi connectivity index (χ4n) is 4.61. The Morgan fingerprint density at radius 1 is 1.05 bits per heavy atom. The number of benzene rings is 3. The van der Waals surface area contributed by atoms with Crippen LogP contribution in [0.2, 0.25) is 0 Å². The summed E-state index contributed by atoms with van der Waals surface area (Å²) in [5.74, 6) is 0.294. The topological polar surface area (TPSA) is 66.7 Å². The smallest absolute Gasteiger partial charge is 0.271 e. The summed E-state index contributed by atoms with van der Waals surface area (Å²) >= 11 is 5.09. The van der Waals surface area contributed by atoms with Gasteiger partial charge in [0.25, 0.3) is 5.91 Å². The summed E-state index contributed by atoms with van der Waals surface area (Å²) in [7, 11) is 0. The van der Waals surface area contributed by atoms with E-state index in [0.29, 0.717) is 17.9 Å². The van der Waals surface area contributed by atoms with Crippen molar-refractivity contribution in [3.05, 3.63) is 123 Å². The summed E-state index contributed by atoms with van der Waals surface area (Å²) in [6, 6.07) is 27.6. The van der Waals surface area contributed by atoms with E-state index in [1.165, 1.54) is 0 Å². The Hall–Kier alpha value is -3.62. The molecule has 8 heteroatoms. The first-order chi connectivity index (χ1) is 18.4. The van der Waals surface area contributed by atoms with Gasteiger partial charge < -0.3 is 9.47 Å². The van der Waals surface area contributed by atoms with Gasteiger partial charge in [0.2, 0.25) is 5.91 Å². The molecule has 192 valence electrons. The zero-order chi connectivity index (χ0) is 26.6. The lowest BCUT2D eigenvalue weighted by molar-refractivity contribution is -0.128. The van der Waals surface area contributed by atoms with Gasteiger partial charge in [-0.15, -0.1) is 11.8 Å². The first-order valence-corrected chi connectivity index (χ1v) is 14.1. The maximum atomic E-state index is 12.7. The number of aromatic nitrogens is 1. The van der Waals surface area contributed by atoms with E-state index in [2.05, 4.69) is 43.2 Å². The Morgan fingerprint density at radius 2 is 1.76 bits per heavy atom. The number of carbonyl (C=O) groups is 2. The van der Waals surface area contributed by atoms with Crippen molar-refractivity contribution in [2.45, 2.75) is 25.8 Å². The number of carbonyl (C=O) groups excluding carboxylic acids is 2. The Kier molecular flexibility index (Phi) is 7.81. The van der Waals surface area contributed by atoms with Gasteiger partial charge >= 0.3 is 0 Å². The molecular formula is C30H27BrN4O2S. The molecule has 0 aliphatic carbocycles. The van der Waals surface area contributed by atoms with Crippen molar-refractivity contribution >= 4 is 45.7 Å². The second-order valence-electron chi connectivity index (χ2n) is 9.13. The van der Waals surface area contributed by atoms with Crippen LogP contribution in [0, 0.1) is 13.8 Å². The minimum Gasteiger partial charge on any atom is -0.322 e. The highest BCUT2D eigenvalue weighted by atomic mass is 79.9. The molecule has 2 heterocycles. The van der Waals surface area contributed by atoms with Gasteiger partial charge in [0.15, 0.2) is 0 Å². The van der Waals surface area contributed by atoms with Gasteiger partial charge in [-0.2, -0.15) is 5.10 Å². The molecule has 1 aliphatic heterocycles. The van der Waals surface area contributed by atoms with Crippen molar-refractivity contribution in [3.63, 3.8) is 0 Å². The van der Waals surface area contributed by atoms with Gasteiger partial charge in [0.1, 0.15) is 5.37 Å². The summed E-state index contributed by atoms with van der Waals surface area (Å²) < 4.78 is 3.18. The second kappa shape index (κ2) is 11.4. The molecule has 5 rings (SSSR count). The lowest BCUT2D eigenvalue weighted by Crippen LogP contribution is -2.27. The Morgan fingerprint density at radius 3 is 2.47 bits per heavy atom. The molecule has 38 heavy (non-hydrogen) atoms. The average Bonchev–Trinajstić information content (AvgIpc) is 3.43. The van der Waals surface area contributed by atoms with E-state index in [1.807, 2.05) is 79.4 Å². The van der Waals surface area contributed by atoms with Crippen molar-refractivity contribution in [1.29, 1.82) is 0 Å². The fourth-order valence-corrected chi connectivity index (χ4v) is 6.06. The number of halogens is 1. The zero-order valence-electron chi connectivity index (χ0n) is 21.1. The van der Waals surface area contributed by atoms with Crippen LogP contribution >= 0.6 is 27.7 Å². The number of thioether (sulfide) groups is 1. The summed E-state index contributed by atoms with van der Waals surface area (Å²) in [6.45, 7) is 4.64. The number of amides is 2. The number of hydrogen-bond acceptors (Lipinski definition) is 4. The summed E-state index contributed by atoms with van der Waals surface area (Å²) in [5, 5.41) is 4.14. The van der Waals surface area contributed by atoms with E-state index in [1.54, 1.807) is 30.1 Å². The largest absolute Gasteiger partial charge is 0.322 e. The maximum absolute atomic E-state index is 12.7. The predicted octanol–water partition coefficient (Wildman–Crippen LogP) is 6.39. The number of hydrogen-bond donors (Lipinski definition) is 1. The van der Waals surface area contributed by atoms with Crippen molar-refractivity contribution in [2.24, 2.45) is 5.10 Å². The molecule has 1 atom stereocenters. The SMILES string of the molecule is Cc1cc(/C=N/NC(=O)c2ccc(C3SCC(=O)N3Cc3ccccc3)cc2)c(C)n1-c1ccc(Br)cc1. The highest BCUT2D eigenvalue weighted by Crippen LogP contribution is 2.39. The van der Waals surface area contributed by atoms with Gasteiger partial charge in [-0.3, -0.25) is 9.59 Å². The minimum absolute atomic E-state index is 0.0705. The molecule has 0 radical (unpaired) electrons. The zero-order valence-corrected chi connectivity index (χ0v) is 23.5. The normalized spacial score (nSPS) is 15.4. The van der Waals surface area contributed by atoms with Crippen LogP contribution in [0.1, 0.15) is 43.8 Å². The van der Waals surface area contributed by atoms with Crippen LogP contribution in [0.4, 0.5) is 0 Å². The monoisotopic (exact) mass is 586 g/mol. The van der Waals surface area contributed by atoms with E-state index < -0.39 is 0 Å². The Balaban J connectivity index is 1.24. The van der Waals surface area contributed by atoms with Crippen LogP contribution in [0.5, 0.6) is 0 Å². The van der Waals surface area contributed by atoms with Crippen LogP contribution in [0.3, 0.4) is 0 Å². The molecule has 3 aromatic carbocycles. The molecule has 1 N–H and O–H groups in total. The van der Waals surface area contributed by atoms with Crippen molar-refractivity contribution in [1.82, 2.24) is 14.9 Å². The number of hydrazone groups is 1. The summed E-state index contributed by atoms with van der Waals surface area (Å²) in [5.41, 5.74) is 9.36. The third kappa shape index (κ3) is 5.61. The lowest BCUT2D eigenvalue weighted by Gasteiger charge is -2.24. The standard InChI is InChI=1S/C30H27BrN4O2S/c1-20-16-25(21(2)35(20)27-14-12-26(31)13-15-27)17-32-33-29(37)23-8-10-24(11-9-23)30-34(28(36)19-38-30)18-22-6-4-3-5-7-22/h3-17,30H,18-19H2,1-2H3,(H,33,37)/b32-17+. The molecule has 0 spiro atoms. The molecule has 1 aliphatic rings. The van der Waals surface area contributed by atoms with Crippen LogP contribution < -0.4 is 5.43 Å². The molecule has 4 aromatic rings. The van der Waals surface area contributed by atoms with Crippen molar-refractivity contribution in [3.8, 4) is 5.69 Å². The van der Waals surface area contributed by atoms with E-state index in [0.717, 1.165) is 38.2 Å². The molecule has 1 saturated heterocycles. The van der Waals surface area contributed by atoms with Crippen LogP contribution in [0.15, 0.2) is 94.5 Å². The van der Waals surface area contributed by atoms with Crippen LogP contribution in [0.25, 0.3) is 5.69 Å². The fraction of sp³-hybridized carbons (Fsp3) is 0.167. The second-order valence-corrected chi connectivity index (χ2v) is 11.1. The molecule has 1 unspecified atom stereocenters. The number of nitrogens with one attached hydrogen (secondary N) is 1. The molecule has 1 fully saturated rings. The predicted molar refractivity (Wildman–Crippen MR) is 157 cm³/mol. The third-order valence-electron chi connectivity index (χ3n) is 6.55. The molecule has 6 nitrogen and oxygen atoms in total. The van der Waals surface area contributed by atoms with Crippen molar-refractivity contribution in [2.75, 3.05) is 5.75 Å². The van der Waals surface area contributed by atoms with E-state index >= 15 is 0 Å². The first-order valence-electron chi connectivity index (χ1n) is 12.2. The first kappa shape index (κ1) is 26.0. The minimum atomic E-state index is -0.286. The average molecular weight is 588 g/mol. The summed E-state index contributed by atoms with van der Waals surface area (Å²) in [4.78, 5) is 27.2. The molecule has 0 saturated carbocycles. The van der Waals surface area contributed by atoms with Gasteiger partial charge in [-0.25, -0.2) is 5.43 Å². The summed E-state index contributed by atoms with van der Waals surface area (Å²) in [6.07, 6.45) is 1.67. The van der Waals surface area contributed by atoms with E-state index in [4.69, 9.17) is 0 Å². The quantitative estimate of drug-likeness (QED) is 0.201. The van der Waals surface area contributed by atoms with Crippen LogP contribution in [-0.4, -0.2) is 33.2 Å². The van der Waals surface area contributed by atoms with E-state index in [-0.39, 0.29) is 17.2 Å². The molecule has 2 amide bonds. The molecule has 0 bridgehead atoms. The highest BCUT2D eigenvalue weighted by molar-refractivity contribution is 9.10. The number of rotatable bonds is 7. The number of aryl methyl sites for hydroxylation is 1. The van der Waals surface area contributed by atoms with Gasteiger partial charge in [-0.1, -0.05) is 58.4 Å². The van der Waals surface area contributed by atoms with Gasteiger partial charge in [-0.05, 0) is 67.4 Å². The molecule has 1 aromatic heterocycles.